The number of sulfonamides is 1. The average Bonchev–Trinajstić information content (AvgIpc) is 3.28. The molecule has 0 aromatic heterocycles. The van der Waals surface area contributed by atoms with Crippen LogP contribution in [0.2, 0.25) is 5.02 Å². The van der Waals surface area contributed by atoms with E-state index in [1.54, 1.807) is 67.6 Å². The number of anilines is 1. The summed E-state index contributed by atoms with van der Waals surface area (Å²) >= 11 is 5.97. The molecule has 1 aliphatic rings. The van der Waals surface area contributed by atoms with Gasteiger partial charge in [0, 0.05) is 10.7 Å². The summed E-state index contributed by atoms with van der Waals surface area (Å²) in [5.74, 6) is 1.14. The molecule has 0 saturated carbocycles. The van der Waals surface area contributed by atoms with E-state index < -0.39 is 28.1 Å². The van der Waals surface area contributed by atoms with Crippen molar-refractivity contribution >= 4 is 33.3 Å². The fourth-order valence-electron chi connectivity index (χ4n) is 4.74. The van der Waals surface area contributed by atoms with Crippen LogP contribution in [0.4, 0.5) is 10.5 Å². The van der Waals surface area contributed by atoms with E-state index in [1.807, 2.05) is 37.3 Å². The van der Waals surface area contributed by atoms with E-state index in [1.165, 1.54) is 17.0 Å². The Morgan fingerprint density at radius 3 is 2.02 bits per heavy atom. The Hall–Kier alpha value is -3.89. The van der Waals surface area contributed by atoms with Crippen LogP contribution in [-0.4, -0.2) is 38.0 Å². The first-order chi connectivity index (χ1) is 19.8. The number of hydrogen-bond acceptors (Lipinski definition) is 6. The van der Waals surface area contributed by atoms with E-state index >= 15 is 0 Å². The van der Waals surface area contributed by atoms with Crippen LogP contribution in [0, 0.1) is 6.92 Å². The number of carbonyl (C=O) groups is 1. The van der Waals surface area contributed by atoms with Crippen LogP contribution >= 0.6 is 11.6 Å². The maximum Gasteiger partial charge on any atom is 0.339 e. The van der Waals surface area contributed by atoms with Crippen molar-refractivity contribution in [1.29, 1.82) is 0 Å². The van der Waals surface area contributed by atoms with Gasteiger partial charge in [-0.1, -0.05) is 59.6 Å². The lowest BCUT2D eigenvalue weighted by Crippen LogP contribution is -2.42. The van der Waals surface area contributed by atoms with Gasteiger partial charge in [-0.2, -0.15) is 0 Å². The van der Waals surface area contributed by atoms with Crippen LogP contribution in [0.3, 0.4) is 0 Å². The molecule has 212 valence electrons. The highest BCUT2D eigenvalue weighted by Gasteiger charge is 2.53. The van der Waals surface area contributed by atoms with E-state index in [-0.39, 0.29) is 18.1 Å². The molecule has 10 heteroatoms. The maximum atomic E-state index is 14.2. The molecule has 0 unspecified atom stereocenters. The second-order valence-electron chi connectivity index (χ2n) is 9.43. The summed E-state index contributed by atoms with van der Waals surface area (Å²) in [4.78, 5) is 26.2. The molecule has 1 fully saturated rings. The quantitative estimate of drug-likeness (QED) is 0.110. The van der Waals surface area contributed by atoms with Gasteiger partial charge in [-0.3, -0.25) is 4.90 Å². The topological polar surface area (TPSA) is 85.4 Å². The second-order valence-corrected chi connectivity index (χ2v) is 11.7. The molecule has 5 rings (SSSR count). The minimum Gasteiger partial charge on any atom is -0.457 e. The zero-order chi connectivity index (χ0) is 29.0. The van der Waals surface area contributed by atoms with Gasteiger partial charge in [0.15, 0.2) is 0 Å². The van der Waals surface area contributed by atoms with Crippen molar-refractivity contribution in [2.24, 2.45) is 0 Å². The minimum absolute atomic E-state index is 0.0123. The van der Waals surface area contributed by atoms with Gasteiger partial charge < -0.3 is 4.74 Å². The first kappa shape index (κ1) is 28.6. The lowest BCUT2D eigenvalue weighted by molar-refractivity contribution is -0.296. The fraction of sp³-hybridized carbons (Fsp3) is 0.194. The molecule has 0 spiro atoms. The molecule has 1 heterocycles. The van der Waals surface area contributed by atoms with Crippen LogP contribution in [0.5, 0.6) is 11.5 Å². The van der Waals surface area contributed by atoms with Crippen molar-refractivity contribution in [1.82, 2.24) is 4.31 Å². The number of rotatable bonds is 10. The van der Waals surface area contributed by atoms with Crippen LogP contribution < -0.4 is 9.64 Å². The summed E-state index contributed by atoms with van der Waals surface area (Å²) in [6, 6.07) is 27.2. The van der Waals surface area contributed by atoms with Crippen LogP contribution in [-0.2, 0) is 19.8 Å². The molecule has 0 radical (unpaired) electrons. The zero-order valence-electron chi connectivity index (χ0n) is 22.5. The fourth-order valence-corrected chi connectivity index (χ4v) is 6.40. The minimum atomic E-state index is -4.25. The van der Waals surface area contributed by atoms with E-state index in [9.17, 15) is 13.2 Å². The number of hydrogen-bond donors (Lipinski definition) is 0. The van der Waals surface area contributed by atoms with Crippen molar-refractivity contribution in [3.8, 4) is 11.5 Å². The highest BCUT2D eigenvalue weighted by molar-refractivity contribution is 7.89. The average molecular weight is 593 g/mol. The molecule has 2 atom stereocenters. The molecular weight excluding hydrogens is 564 g/mol. The molecule has 1 aliphatic heterocycles. The van der Waals surface area contributed by atoms with Crippen LogP contribution in [0.1, 0.15) is 24.1 Å². The molecule has 4 aromatic carbocycles. The van der Waals surface area contributed by atoms with Crippen LogP contribution in [0.25, 0.3) is 0 Å². The molecule has 0 bridgehead atoms. The van der Waals surface area contributed by atoms with Crippen molar-refractivity contribution in [2.45, 2.75) is 30.8 Å². The Morgan fingerprint density at radius 1 is 0.805 bits per heavy atom. The summed E-state index contributed by atoms with van der Waals surface area (Å²) in [5.41, 5.74) is 2.14. The molecule has 1 saturated heterocycles. The van der Waals surface area contributed by atoms with Crippen LogP contribution in [0.15, 0.2) is 108 Å². The monoisotopic (exact) mass is 592 g/mol. The summed E-state index contributed by atoms with van der Waals surface area (Å²) in [6.07, 6.45) is 0. The van der Waals surface area contributed by atoms with Gasteiger partial charge in [0.25, 0.3) is 10.0 Å². The third-order valence-electron chi connectivity index (χ3n) is 6.66. The Balaban J connectivity index is 1.56. The lowest BCUT2D eigenvalue weighted by atomic mass is 9.99. The number of halogens is 1. The Morgan fingerprint density at radius 2 is 1.41 bits per heavy atom. The summed E-state index contributed by atoms with van der Waals surface area (Å²) in [7, 11) is -4.25. The maximum absolute atomic E-state index is 14.2. The molecular formula is C31H29ClN2O6S. The first-order valence-electron chi connectivity index (χ1n) is 13.1. The molecule has 0 aliphatic carbocycles. The smallest absolute Gasteiger partial charge is 0.339 e. The third kappa shape index (κ3) is 6.08. The van der Waals surface area contributed by atoms with Gasteiger partial charge in [0.05, 0.1) is 17.5 Å². The van der Waals surface area contributed by atoms with Crippen molar-refractivity contribution in [3.05, 3.63) is 119 Å². The van der Waals surface area contributed by atoms with Gasteiger partial charge in [-0.25, -0.2) is 27.3 Å². The predicted molar refractivity (Wildman–Crippen MR) is 157 cm³/mol. The zero-order valence-corrected chi connectivity index (χ0v) is 24.1. The van der Waals surface area contributed by atoms with Gasteiger partial charge in [0.1, 0.15) is 24.1 Å². The molecule has 2 amide bonds. The van der Waals surface area contributed by atoms with E-state index in [0.29, 0.717) is 22.2 Å². The van der Waals surface area contributed by atoms with Crippen molar-refractivity contribution in [3.63, 3.8) is 0 Å². The SMILES string of the molecule is CCOOC[C@H]1[C@H](c2ccccc2)N(c2ccc(Oc3ccc(Cl)cc3)cc2)C(=O)N1S(=O)(=O)c1ccc(C)cc1. The standard InChI is InChI=1S/C31H29ClN2O6S/c1-3-38-39-21-29-30(23-7-5-4-6-8-23)33(31(35)34(29)41(36,37)28-19-9-22(2)10-20-28)25-13-17-27(18-14-25)40-26-15-11-24(32)12-16-26/h4-20,29-30H,3,21H2,1-2H3/t29-,30-/m0/s1. The number of nitrogens with zero attached hydrogens (tertiary/aromatic N) is 2. The van der Waals surface area contributed by atoms with Gasteiger partial charge in [-0.15, -0.1) is 0 Å². The number of aryl methyl sites for hydroxylation is 1. The molecule has 0 N–H and O–H groups in total. The molecule has 41 heavy (non-hydrogen) atoms. The Bertz CT molecular complexity index is 1580. The Kier molecular flexibility index (Phi) is 8.60. The normalized spacial score (nSPS) is 17.2. The largest absolute Gasteiger partial charge is 0.457 e. The van der Waals surface area contributed by atoms with E-state index in [4.69, 9.17) is 26.1 Å². The second kappa shape index (κ2) is 12.3. The Labute approximate surface area is 244 Å². The van der Waals surface area contributed by atoms with E-state index in [0.717, 1.165) is 15.4 Å². The summed E-state index contributed by atoms with van der Waals surface area (Å²) < 4.78 is 34.8. The first-order valence-corrected chi connectivity index (χ1v) is 14.9. The molecule has 8 nitrogen and oxygen atoms in total. The lowest BCUT2D eigenvalue weighted by Gasteiger charge is -2.27. The third-order valence-corrected chi connectivity index (χ3v) is 8.73. The molecule has 4 aromatic rings. The number of benzene rings is 4. The van der Waals surface area contributed by atoms with E-state index in [2.05, 4.69) is 0 Å². The summed E-state index contributed by atoms with van der Waals surface area (Å²) in [5, 5.41) is 0.597. The predicted octanol–water partition coefficient (Wildman–Crippen LogP) is 7.15. The number of urea groups is 1. The van der Waals surface area contributed by atoms with Crippen molar-refractivity contribution < 1.29 is 27.7 Å². The van der Waals surface area contributed by atoms with Gasteiger partial charge in [0.2, 0.25) is 0 Å². The van der Waals surface area contributed by atoms with Crippen molar-refractivity contribution in [2.75, 3.05) is 18.1 Å². The number of amides is 2. The number of carbonyl (C=O) groups excluding carboxylic acids is 1. The highest BCUT2D eigenvalue weighted by Crippen LogP contribution is 2.42. The number of ether oxygens (including phenoxy) is 1. The van der Waals surface area contributed by atoms with Gasteiger partial charge in [-0.05, 0) is 80.1 Å². The summed E-state index contributed by atoms with van der Waals surface area (Å²) in [6.45, 7) is 3.72. The highest BCUT2D eigenvalue weighted by atomic mass is 35.5. The van der Waals surface area contributed by atoms with Gasteiger partial charge >= 0.3 is 6.03 Å².